The third kappa shape index (κ3) is 3.39. The second-order valence-corrected chi connectivity index (χ2v) is 6.48. The van der Waals surface area contributed by atoms with Crippen molar-refractivity contribution in [3.8, 4) is 0 Å². The van der Waals surface area contributed by atoms with E-state index in [1.165, 1.54) is 16.7 Å². The Morgan fingerprint density at radius 3 is 1.44 bits per heavy atom. The Morgan fingerprint density at radius 2 is 1.11 bits per heavy atom. The molecule has 0 atom stereocenters. The summed E-state index contributed by atoms with van der Waals surface area (Å²) in [5.74, 6) is 0.390. The van der Waals surface area contributed by atoms with Crippen molar-refractivity contribution in [1.82, 2.24) is 9.55 Å². The van der Waals surface area contributed by atoms with Gasteiger partial charge in [0.1, 0.15) is 5.54 Å². The van der Waals surface area contributed by atoms with E-state index in [4.69, 9.17) is 11.6 Å². The van der Waals surface area contributed by atoms with E-state index in [9.17, 15) is 0 Å². The van der Waals surface area contributed by atoms with Crippen LogP contribution in [0.4, 0.5) is 0 Å². The third-order valence-corrected chi connectivity index (χ3v) is 5.01. The van der Waals surface area contributed by atoms with Crippen LogP contribution in [-0.4, -0.2) is 9.55 Å². The summed E-state index contributed by atoms with van der Waals surface area (Å²) in [6.45, 7) is 0. The van der Waals surface area contributed by atoms with E-state index >= 15 is 0 Å². The highest BCUT2D eigenvalue weighted by molar-refractivity contribution is 6.16. The van der Waals surface area contributed by atoms with Crippen molar-refractivity contribution in [2.75, 3.05) is 0 Å². The van der Waals surface area contributed by atoms with Crippen LogP contribution < -0.4 is 0 Å². The van der Waals surface area contributed by atoms with Crippen molar-refractivity contribution in [1.29, 1.82) is 0 Å². The Kier molecular flexibility index (Phi) is 6.00. The summed E-state index contributed by atoms with van der Waals surface area (Å²) < 4.78 is 2.17. The van der Waals surface area contributed by atoms with E-state index in [0.717, 1.165) is 5.69 Å². The third-order valence-electron chi connectivity index (χ3n) is 4.73. The summed E-state index contributed by atoms with van der Waals surface area (Å²) in [7, 11) is 0. The quantitative estimate of drug-likeness (QED) is 0.305. The number of hydrogen-bond acceptors (Lipinski definition) is 1. The van der Waals surface area contributed by atoms with Crippen LogP contribution in [0.2, 0.25) is 0 Å². The maximum atomic E-state index is 6.05. The van der Waals surface area contributed by atoms with Gasteiger partial charge in [0.25, 0.3) is 0 Å². The van der Waals surface area contributed by atoms with Gasteiger partial charge in [0, 0.05) is 6.20 Å². The van der Waals surface area contributed by atoms with Gasteiger partial charge in [-0.05, 0) is 16.7 Å². The summed E-state index contributed by atoms with van der Waals surface area (Å²) >= 11 is 6.05. The van der Waals surface area contributed by atoms with Crippen molar-refractivity contribution >= 4 is 24.0 Å². The zero-order chi connectivity index (χ0) is 17.8. The Labute approximate surface area is 170 Å². The molecule has 0 aliphatic carbocycles. The summed E-state index contributed by atoms with van der Waals surface area (Å²) in [4.78, 5) is 4.51. The topological polar surface area (TPSA) is 17.8 Å². The number of benzene rings is 3. The van der Waals surface area contributed by atoms with Crippen LogP contribution in [0.1, 0.15) is 22.4 Å². The van der Waals surface area contributed by atoms with Crippen LogP contribution in [-0.2, 0) is 11.4 Å². The molecule has 136 valence electrons. The Balaban J connectivity index is 0.00000210. The second kappa shape index (κ2) is 8.43. The summed E-state index contributed by atoms with van der Waals surface area (Å²) in [5, 5.41) is 0. The average Bonchev–Trinajstić information content (AvgIpc) is 3.21. The van der Waals surface area contributed by atoms with Gasteiger partial charge in [0.05, 0.1) is 17.9 Å². The molecule has 4 rings (SSSR count). The zero-order valence-corrected chi connectivity index (χ0v) is 16.3. The lowest BCUT2D eigenvalue weighted by molar-refractivity contribution is 0.514. The molecule has 0 radical (unpaired) electrons. The molecular formula is C23H20Cl2N2. The molecular weight excluding hydrogens is 375 g/mol. The summed E-state index contributed by atoms with van der Waals surface area (Å²) in [5.41, 5.74) is 3.88. The first kappa shape index (κ1) is 19.2. The van der Waals surface area contributed by atoms with Crippen molar-refractivity contribution < 1.29 is 0 Å². The van der Waals surface area contributed by atoms with Gasteiger partial charge in [0.15, 0.2) is 0 Å². The lowest BCUT2D eigenvalue weighted by Crippen LogP contribution is -2.36. The van der Waals surface area contributed by atoms with Crippen molar-refractivity contribution in [2.24, 2.45) is 0 Å². The molecule has 27 heavy (non-hydrogen) atoms. The van der Waals surface area contributed by atoms with E-state index in [1.807, 2.05) is 30.7 Å². The Morgan fingerprint density at radius 1 is 0.704 bits per heavy atom. The Hall–Kier alpha value is -2.55. The molecule has 0 saturated heterocycles. The van der Waals surface area contributed by atoms with Gasteiger partial charge < -0.3 is 4.57 Å². The fraction of sp³-hybridized carbons (Fsp3) is 0.0870. The number of rotatable bonds is 5. The highest BCUT2D eigenvalue weighted by Gasteiger charge is 2.38. The molecule has 0 unspecified atom stereocenters. The maximum absolute atomic E-state index is 6.05. The highest BCUT2D eigenvalue weighted by atomic mass is 35.5. The number of halogens is 2. The maximum Gasteiger partial charge on any atom is 0.121 e. The van der Waals surface area contributed by atoms with Crippen molar-refractivity contribution in [3.63, 3.8) is 0 Å². The molecule has 4 aromatic rings. The molecule has 0 spiro atoms. The molecule has 2 nitrogen and oxygen atoms in total. The predicted octanol–water partition coefficient (Wildman–Crippen LogP) is 5.88. The molecule has 3 aromatic carbocycles. The molecule has 0 aliphatic rings. The molecule has 0 bridgehead atoms. The number of hydrogen-bond donors (Lipinski definition) is 0. The average molecular weight is 395 g/mol. The minimum atomic E-state index is -0.513. The predicted molar refractivity (Wildman–Crippen MR) is 114 cm³/mol. The van der Waals surface area contributed by atoms with Gasteiger partial charge in [-0.3, -0.25) is 0 Å². The number of imidazole rings is 1. The van der Waals surface area contributed by atoms with Crippen LogP contribution in [0.15, 0.2) is 104 Å². The van der Waals surface area contributed by atoms with E-state index in [2.05, 4.69) is 82.3 Å². The largest absolute Gasteiger partial charge is 0.319 e. The first-order chi connectivity index (χ1) is 12.9. The molecule has 1 heterocycles. The van der Waals surface area contributed by atoms with E-state index in [0.29, 0.717) is 5.88 Å². The van der Waals surface area contributed by atoms with Gasteiger partial charge in [0.2, 0.25) is 0 Å². The van der Waals surface area contributed by atoms with Gasteiger partial charge in [-0.2, -0.15) is 0 Å². The molecule has 0 aliphatic heterocycles. The lowest BCUT2D eigenvalue weighted by atomic mass is 9.77. The second-order valence-electron chi connectivity index (χ2n) is 6.21. The van der Waals surface area contributed by atoms with E-state index in [-0.39, 0.29) is 12.4 Å². The molecule has 0 fully saturated rings. The number of aromatic nitrogens is 2. The van der Waals surface area contributed by atoms with E-state index < -0.39 is 5.54 Å². The molecule has 0 amide bonds. The van der Waals surface area contributed by atoms with Gasteiger partial charge in [-0.1, -0.05) is 91.0 Å². The minimum Gasteiger partial charge on any atom is -0.319 e. The van der Waals surface area contributed by atoms with Crippen LogP contribution in [0.25, 0.3) is 0 Å². The van der Waals surface area contributed by atoms with Crippen LogP contribution in [0.3, 0.4) is 0 Å². The van der Waals surface area contributed by atoms with Crippen molar-refractivity contribution in [3.05, 3.63) is 126 Å². The van der Waals surface area contributed by atoms with E-state index in [1.54, 1.807) is 0 Å². The first-order valence-corrected chi connectivity index (χ1v) is 9.15. The molecule has 0 saturated carbocycles. The normalized spacial score (nSPS) is 11.0. The molecule has 0 N–H and O–H groups in total. The fourth-order valence-electron chi connectivity index (χ4n) is 3.60. The van der Waals surface area contributed by atoms with Crippen LogP contribution in [0, 0.1) is 0 Å². The number of alkyl halides is 1. The van der Waals surface area contributed by atoms with Crippen LogP contribution >= 0.6 is 24.0 Å². The fourth-order valence-corrected chi connectivity index (χ4v) is 3.74. The highest BCUT2D eigenvalue weighted by Crippen LogP contribution is 2.40. The van der Waals surface area contributed by atoms with Gasteiger partial charge in [-0.25, -0.2) is 4.98 Å². The van der Waals surface area contributed by atoms with Gasteiger partial charge in [-0.15, -0.1) is 24.0 Å². The summed E-state index contributed by atoms with van der Waals surface area (Å²) in [6, 6.07) is 31.6. The zero-order valence-electron chi connectivity index (χ0n) is 14.7. The smallest absolute Gasteiger partial charge is 0.121 e. The first-order valence-electron chi connectivity index (χ1n) is 8.61. The molecule has 4 heteroatoms. The standard InChI is InChI=1S/C23H19ClN2.ClH/c24-16-22-17-26(18-25-22)23(19-10-4-1-5-11-19,20-12-6-2-7-13-20)21-14-8-3-9-15-21;/h1-15,17-18H,16H2;1H. The van der Waals surface area contributed by atoms with Crippen LogP contribution in [0.5, 0.6) is 0 Å². The lowest BCUT2D eigenvalue weighted by Gasteiger charge is -2.37. The Bertz CT molecular complexity index is 870. The SMILES string of the molecule is Cl.ClCc1cn(C(c2ccccc2)(c2ccccc2)c2ccccc2)cn1. The number of nitrogens with zero attached hydrogens (tertiary/aromatic N) is 2. The van der Waals surface area contributed by atoms with Gasteiger partial charge >= 0.3 is 0 Å². The monoisotopic (exact) mass is 394 g/mol. The van der Waals surface area contributed by atoms with Crippen molar-refractivity contribution in [2.45, 2.75) is 11.4 Å². The molecule has 1 aromatic heterocycles. The summed E-state index contributed by atoms with van der Waals surface area (Å²) in [6.07, 6.45) is 3.92. The minimum absolute atomic E-state index is 0.